The Bertz CT molecular complexity index is 1250. The molecule has 2 atom stereocenters. The highest BCUT2D eigenvalue weighted by atomic mass is 32.1. The molecule has 2 aromatic carbocycles. The standard InChI is InChI=1S/C23H23FN6OS/c1-14-5-8-20(30-10-9-26-29-30)17(11-14)22(31)25-13-15-3-2-4-18(15)27-23-28-19-7-6-16(24)12-21(19)32-23/h5-12,15,18H,2-4,13H2,1H3,(H,25,31)(H,27,28). The Hall–Kier alpha value is -3.33. The summed E-state index contributed by atoms with van der Waals surface area (Å²) < 4.78 is 15.9. The fourth-order valence-electron chi connectivity index (χ4n) is 4.28. The van der Waals surface area contributed by atoms with Crippen LogP contribution in [0.25, 0.3) is 15.9 Å². The minimum atomic E-state index is -0.254. The van der Waals surface area contributed by atoms with Crippen LogP contribution in [0.3, 0.4) is 0 Å². The Morgan fingerprint density at radius 3 is 3.00 bits per heavy atom. The molecule has 0 aliphatic heterocycles. The van der Waals surface area contributed by atoms with Gasteiger partial charge in [-0.2, -0.15) is 0 Å². The molecule has 0 bridgehead atoms. The first-order valence-electron chi connectivity index (χ1n) is 10.6. The smallest absolute Gasteiger partial charge is 0.253 e. The van der Waals surface area contributed by atoms with Gasteiger partial charge < -0.3 is 10.6 Å². The third-order valence-corrected chi connectivity index (χ3v) is 6.86. The van der Waals surface area contributed by atoms with Crippen molar-refractivity contribution in [3.8, 4) is 5.69 Å². The first kappa shape index (κ1) is 20.6. The number of hydrogen-bond acceptors (Lipinski definition) is 6. The number of rotatable bonds is 6. The Balaban J connectivity index is 1.27. The van der Waals surface area contributed by atoms with Gasteiger partial charge in [0.2, 0.25) is 0 Å². The lowest BCUT2D eigenvalue weighted by Gasteiger charge is -2.21. The van der Waals surface area contributed by atoms with Gasteiger partial charge in [0, 0.05) is 12.6 Å². The zero-order chi connectivity index (χ0) is 22.1. The molecule has 1 fully saturated rings. The van der Waals surface area contributed by atoms with E-state index >= 15 is 0 Å². The van der Waals surface area contributed by atoms with E-state index in [9.17, 15) is 9.18 Å². The quantitative estimate of drug-likeness (QED) is 0.457. The Kier molecular flexibility index (Phi) is 5.57. The summed E-state index contributed by atoms with van der Waals surface area (Å²) in [6.45, 7) is 2.53. The normalized spacial score (nSPS) is 18.2. The maximum atomic E-state index is 13.5. The molecule has 7 nitrogen and oxygen atoms in total. The Morgan fingerprint density at radius 1 is 1.25 bits per heavy atom. The molecule has 1 amide bonds. The van der Waals surface area contributed by atoms with Crippen LogP contribution in [0.2, 0.25) is 0 Å². The van der Waals surface area contributed by atoms with Gasteiger partial charge in [-0.25, -0.2) is 14.1 Å². The molecule has 0 radical (unpaired) electrons. The van der Waals surface area contributed by atoms with E-state index in [4.69, 9.17) is 0 Å². The van der Waals surface area contributed by atoms with Gasteiger partial charge in [-0.05, 0) is 56.0 Å². The van der Waals surface area contributed by atoms with Crippen LogP contribution in [0.5, 0.6) is 0 Å². The largest absolute Gasteiger partial charge is 0.358 e. The number of nitrogens with one attached hydrogen (secondary N) is 2. The summed E-state index contributed by atoms with van der Waals surface area (Å²) in [6.07, 6.45) is 6.45. The maximum absolute atomic E-state index is 13.5. The van der Waals surface area contributed by atoms with Crippen LogP contribution in [-0.4, -0.2) is 38.5 Å². The van der Waals surface area contributed by atoms with E-state index < -0.39 is 0 Å². The number of aromatic nitrogens is 4. The van der Waals surface area contributed by atoms with Crippen molar-refractivity contribution in [1.82, 2.24) is 25.3 Å². The predicted molar refractivity (Wildman–Crippen MR) is 123 cm³/mol. The van der Waals surface area contributed by atoms with Crippen molar-refractivity contribution in [3.05, 3.63) is 65.7 Å². The molecular weight excluding hydrogens is 427 g/mol. The number of carbonyl (C=O) groups excluding carboxylic acids is 1. The summed E-state index contributed by atoms with van der Waals surface area (Å²) in [5, 5.41) is 15.3. The third kappa shape index (κ3) is 4.20. The van der Waals surface area contributed by atoms with E-state index in [0.29, 0.717) is 23.7 Å². The zero-order valence-corrected chi connectivity index (χ0v) is 18.4. The molecule has 2 aromatic heterocycles. The van der Waals surface area contributed by atoms with Gasteiger partial charge in [0.1, 0.15) is 5.82 Å². The van der Waals surface area contributed by atoms with Crippen molar-refractivity contribution in [2.75, 3.05) is 11.9 Å². The third-order valence-electron chi connectivity index (χ3n) is 5.91. The zero-order valence-electron chi connectivity index (χ0n) is 17.6. The Morgan fingerprint density at radius 2 is 2.16 bits per heavy atom. The molecular formula is C23H23FN6OS. The highest BCUT2D eigenvalue weighted by Gasteiger charge is 2.28. The highest BCUT2D eigenvalue weighted by molar-refractivity contribution is 7.22. The minimum absolute atomic E-state index is 0.125. The van der Waals surface area contributed by atoms with E-state index in [2.05, 4.69) is 25.9 Å². The highest BCUT2D eigenvalue weighted by Crippen LogP contribution is 2.32. The molecule has 5 rings (SSSR count). The average Bonchev–Trinajstić information content (AvgIpc) is 3.53. The van der Waals surface area contributed by atoms with Gasteiger partial charge in [-0.15, -0.1) is 5.10 Å². The van der Waals surface area contributed by atoms with Gasteiger partial charge in [-0.3, -0.25) is 4.79 Å². The second kappa shape index (κ2) is 8.66. The van der Waals surface area contributed by atoms with Gasteiger partial charge in [0.15, 0.2) is 5.13 Å². The summed E-state index contributed by atoms with van der Waals surface area (Å²) in [5.74, 6) is -0.0850. The first-order chi connectivity index (χ1) is 15.6. The van der Waals surface area contributed by atoms with Crippen molar-refractivity contribution in [1.29, 1.82) is 0 Å². The summed E-state index contributed by atoms with van der Waals surface area (Å²) >= 11 is 1.46. The lowest BCUT2D eigenvalue weighted by atomic mass is 10.0. The molecule has 0 spiro atoms. The van der Waals surface area contributed by atoms with E-state index in [1.807, 2.05) is 25.1 Å². The van der Waals surface area contributed by atoms with Gasteiger partial charge in [-0.1, -0.05) is 34.6 Å². The Labute approximate surface area is 188 Å². The number of amides is 1. The second-order valence-electron chi connectivity index (χ2n) is 8.15. The number of nitrogens with zero attached hydrogens (tertiary/aromatic N) is 4. The minimum Gasteiger partial charge on any atom is -0.358 e. The lowest BCUT2D eigenvalue weighted by Crippen LogP contribution is -2.36. The van der Waals surface area contributed by atoms with Gasteiger partial charge in [0.05, 0.1) is 33.9 Å². The monoisotopic (exact) mass is 450 g/mol. The van der Waals surface area contributed by atoms with E-state index in [1.54, 1.807) is 23.1 Å². The predicted octanol–water partition coefficient (Wildman–Crippen LogP) is 4.34. The van der Waals surface area contributed by atoms with Gasteiger partial charge >= 0.3 is 0 Å². The number of carbonyl (C=O) groups is 1. The second-order valence-corrected chi connectivity index (χ2v) is 9.18. The van der Waals surface area contributed by atoms with Crippen LogP contribution < -0.4 is 10.6 Å². The van der Waals surface area contributed by atoms with Crippen molar-refractivity contribution >= 4 is 32.6 Å². The van der Waals surface area contributed by atoms with Crippen LogP contribution in [0.1, 0.15) is 35.2 Å². The number of anilines is 1. The van der Waals surface area contributed by atoms with Crippen LogP contribution in [0.4, 0.5) is 9.52 Å². The number of aryl methyl sites for hydroxylation is 1. The molecule has 1 aliphatic carbocycles. The summed E-state index contributed by atoms with van der Waals surface area (Å²) in [7, 11) is 0. The van der Waals surface area contributed by atoms with E-state index in [-0.39, 0.29) is 17.8 Å². The molecule has 1 aliphatic rings. The van der Waals surface area contributed by atoms with E-state index in [0.717, 1.165) is 40.2 Å². The van der Waals surface area contributed by atoms with Crippen LogP contribution in [0, 0.1) is 18.7 Å². The van der Waals surface area contributed by atoms with Crippen molar-refractivity contribution in [2.45, 2.75) is 32.2 Å². The summed E-state index contributed by atoms with van der Waals surface area (Å²) in [5.41, 5.74) is 3.08. The van der Waals surface area contributed by atoms with E-state index in [1.165, 1.54) is 23.5 Å². The molecule has 2 heterocycles. The molecule has 1 saturated carbocycles. The lowest BCUT2D eigenvalue weighted by molar-refractivity contribution is 0.0946. The molecule has 4 aromatic rings. The number of fused-ring (bicyclic) bond motifs is 1. The van der Waals surface area contributed by atoms with Crippen LogP contribution in [0.15, 0.2) is 48.8 Å². The fraction of sp³-hybridized carbons (Fsp3) is 0.304. The SMILES string of the molecule is Cc1ccc(-n2ccnn2)c(C(=O)NCC2CCCC2Nc2nc3ccc(F)cc3s2)c1. The first-order valence-corrected chi connectivity index (χ1v) is 11.5. The van der Waals surface area contributed by atoms with Crippen molar-refractivity contribution < 1.29 is 9.18 Å². The summed E-state index contributed by atoms with van der Waals surface area (Å²) in [4.78, 5) is 17.6. The molecule has 2 unspecified atom stereocenters. The number of benzene rings is 2. The maximum Gasteiger partial charge on any atom is 0.253 e. The number of hydrogen-bond donors (Lipinski definition) is 2. The average molecular weight is 451 g/mol. The van der Waals surface area contributed by atoms with Gasteiger partial charge in [0.25, 0.3) is 5.91 Å². The summed E-state index contributed by atoms with van der Waals surface area (Å²) in [6, 6.07) is 10.6. The van der Waals surface area contributed by atoms with Crippen LogP contribution in [-0.2, 0) is 0 Å². The topological polar surface area (TPSA) is 84.7 Å². The molecule has 164 valence electrons. The molecule has 2 N–H and O–H groups in total. The number of halogens is 1. The van der Waals surface area contributed by atoms with Crippen LogP contribution >= 0.6 is 11.3 Å². The molecule has 32 heavy (non-hydrogen) atoms. The van der Waals surface area contributed by atoms with Crippen molar-refractivity contribution in [3.63, 3.8) is 0 Å². The van der Waals surface area contributed by atoms with Crippen molar-refractivity contribution in [2.24, 2.45) is 5.92 Å². The fourth-order valence-corrected chi connectivity index (χ4v) is 5.23. The number of thiazole rings is 1. The molecule has 9 heteroatoms. The molecule has 0 saturated heterocycles.